The molecular weight excluding hydrogens is 731 g/mol. The highest BCUT2D eigenvalue weighted by molar-refractivity contribution is 6.16. The molecule has 0 N–H and O–H groups in total. The minimum Gasteiger partial charge on any atom is -0.255 e. The van der Waals surface area contributed by atoms with Gasteiger partial charge in [0.05, 0.1) is 11.0 Å². The van der Waals surface area contributed by atoms with Crippen molar-refractivity contribution in [3.8, 4) is 56.4 Å². The van der Waals surface area contributed by atoms with E-state index in [1.165, 1.54) is 54.2 Å². The largest absolute Gasteiger partial charge is 0.255 e. The van der Waals surface area contributed by atoms with E-state index in [-0.39, 0.29) is 0 Å². The third kappa shape index (κ3) is 5.59. The molecule has 0 saturated heterocycles. The Morgan fingerprint density at radius 3 is 1.05 bits per heavy atom. The Morgan fingerprint density at radius 2 is 0.617 bits per heavy atom. The smallest absolute Gasteiger partial charge is 0.166 e. The molecule has 12 aromatic rings. The summed E-state index contributed by atoms with van der Waals surface area (Å²) in [6, 6.07) is 66.6. The minimum absolute atomic E-state index is 0.547. The second kappa shape index (κ2) is 13.8. The SMILES string of the molecule is c1ccc2c(-c3cc(-c4nc(-c5cccc6cccnc56)nc(-c5cccc6cccnc56)n4)cc(-c4c5ccccc5cc5ccccc45)c3)c3ccccc3cc2c1. The molecule has 3 aromatic heterocycles. The molecule has 3 heterocycles. The van der Waals surface area contributed by atoms with Crippen LogP contribution >= 0.6 is 0 Å². The van der Waals surface area contributed by atoms with Crippen molar-refractivity contribution < 1.29 is 0 Å². The van der Waals surface area contributed by atoms with Crippen LogP contribution < -0.4 is 0 Å². The van der Waals surface area contributed by atoms with Gasteiger partial charge in [-0.25, -0.2) is 15.0 Å². The Kier molecular flexibility index (Phi) is 7.78. The summed E-state index contributed by atoms with van der Waals surface area (Å²) in [5.41, 5.74) is 8.71. The summed E-state index contributed by atoms with van der Waals surface area (Å²) in [7, 11) is 0. The zero-order valence-corrected chi connectivity index (χ0v) is 32.3. The molecule has 0 amide bonds. The lowest BCUT2D eigenvalue weighted by atomic mass is 9.87. The molecule has 5 nitrogen and oxygen atoms in total. The first-order valence-corrected chi connectivity index (χ1v) is 20.2. The van der Waals surface area contributed by atoms with Crippen molar-refractivity contribution in [3.05, 3.63) is 200 Å². The molecule has 0 fully saturated rings. The summed E-state index contributed by atoms with van der Waals surface area (Å²) in [4.78, 5) is 25.6. The van der Waals surface area contributed by atoms with Crippen LogP contribution in [0.2, 0.25) is 0 Å². The Bertz CT molecular complexity index is 3330. The summed E-state index contributed by atoms with van der Waals surface area (Å²) < 4.78 is 0. The number of hydrogen-bond donors (Lipinski definition) is 0. The number of rotatable bonds is 5. The highest BCUT2D eigenvalue weighted by Gasteiger charge is 2.21. The summed E-state index contributed by atoms with van der Waals surface area (Å²) >= 11 is 0. The number of pyridine rings is 2. The summed E-state index contributed by atoms with van der Waals surface area (Å²) in [6.45, 7) is 0. The number of nitrogens with zero attached hydrogens (tertiary/aromatic N) is 5. The molecule has 60 heavy (non-hydrogen) atoms. The van der Waals surface area contributed by atoms with Gasteiger partial charge in [0.15, 0.2) is 17.5 Å². The third-order valence-electron chi connectivity index (χ3n) is 11.7. The molecule has 0 radical (unpaired) electrons. The fraction of sp³-hybridized carbons (Fsp3) is 0. The quantitative estimate of drug-likeness (QED) is 0.163. The van der Waals surface area contributed by atoms with Crippen molar-refractivity contribution in [1.29, 1.82) is 0 Å². The van der Waals surface area contributed by atoms with Crippen molar-refractivity contribution in [2.45, 2.75) is 0 Å². The van der Waals surface area contributed by atoms with E-state index in [4.69, 9.17) is 24.9 Å². The Balaban J connectivity index is 1.21. The molecule has 9 aromatic carbocycles. The van der Waals surface area contributed by atoms with E-state index in [2.05, 4.69) is 152 Å². The van der Waals surface area contributed by atoms with Gasteiger partial charge in [0.2, 0.25) is 0 Å². The maximum atomic E-state index is 5.37. The van der Waals surface area contributed by atoms with Gasteiger partial charge in [-0.15, -0.1) is 0 Å². The second-order valence-corrected chi connectivity index (χ2v) is 15.3. The third-order valence-corrected chi connectivity index (χ3v) is 11.7. The molecule has 0 aliphatic rings. The lowest BCUT2D eigenvalue weighted by Crippen LogP contribution is -2.02. The average Bonchev–Trinajstić information content (AvgIpc) is 3.31. The zero-order chi connectivity index (χ0) is 39.6. The van der Waals surface area contributed by atoms with Crippen LogP contribution in [0.15, 0.2) is 200 Å². The fourth-order valence-corrected chi connectivity index (χ4v) is 9.01. The molecule has 0 aliphatic heterocycles. The first-order chi connectivity index (χ1) is 29.7. The second-order valence-electron chi connectivity index (χ2n) is 15.3. The first kappa shape index (κ1) is 33.9. The average molecular weight is 764 g/mol. The van der Waals surface area contributed by atoms with Gasteiger partial charge in [0, 0.05) is 39.9 Å². The Labute approximate surface area is 345 Å². The molecule has 0 unspecified atom stereocenters. The molecule has 12 rings (SSSR count). The van der Waals surface area contributed by atoms with E-state index in [9.17, 15) is 0 Å². The summed E-state index contributed by atoms with van der Waals surface area (Å²) in [5, 5.41) is 11.5. The van der Waals surface area contributed by atoms with Gasteiger partial charge < -0.3 is 0 Å². The van der Waals surface area contributed by atoms with Gasteiger partial charge >= 0.3 is 0 Å². The molecular formula is C55H33N5. The van der Waals surface area contributed by atoms with Crippen LogP contribution in [0.3, 0.4) is 0 Å². The van der Waals surface area contributed by atoms with Gasteiger partial charge in [-0.1, -0.05) is 133 Å². The first-order valence-electron chi connectivity index (χ1n) is 20.2. The fourth-order valence-electron chi connectivity index (χ4n) is 9.01. The number of aromatic nitrogens is 5. The topological polar surface area (TPSA) is 64.5 Å². The van der Waals surface area contributed by atoms with Crippen LogP contribution in [0, 0.1) is 0 Å². The predicted octanol–water partition coefficient (Wildman–Crippen LogP) is 13.9. The van der Waals surface area contributed by atoms with Crippen LogP contribution in [0.25, 0.3) is 121 Å². The van der Waals surface area contributed by atoms with Gasteiger partial charge in [0.1, 0.15) is 0 Å². The van der Waals surface area contributed by atoms with Crippen molar-refractivity contribution >= 4 is 64.9 Å². The monoisotopic (exact) mass is 763 g/mol. The number of hydrogen-bond acceptors (Lipinski definition) is 5. The van der Waals surface area contributed by atoms with Gasteiger partial charge in [-0.2, -0.15) is 0 Å². The van der Waals surface area contributed by atoms with E-state index in [1.807, 2.05) is 48.8 Å². The van der Waals surface area contributed by atoms with Crippen LogP contribution in [0.5, 0.6) is 0 Å². The highest BCUT2D eigenvalue weighted by Crippen LogP contribution is 2.43. The van der Waals surface area contributed by atoms with E-state index in [1.54, 1.807) is 0 Å². The predicted molar refractivity (Wildman–Crippen MR) is 248 cm³/mol. The van der Waals surface area contributed by atoms with E-state index in [0.29, 0.717) is 17.5 Å². The highest BCUT2D eigenvalue weighted by atomic mass is 15.0. The molecule has 0 atom stereocenters. The number of para-hydroxylation sites is 2. The normalized spacial score (nSPS) is 11.7. The van der Waals surface area contributed by atoms with E-state index >= 15 is 0 Å². The molecule has 5 heteroatoms. The van der Waals surface area contributed by atoms with Crippen LogP contribution in [-0.4, -0.2) is 24.9 Å². The van der Waals surface area contributed by atoms with Crippen LogP contribution in [-0.2, 0) is 0 Å². The Morgan fingerprint density at radius 1 is 0.267 bits per heavy atom. The van der Waals surface area contributed by atoms with Crippen molar-refractivity contribution in [1.82, 2.24) is 24.9 Å². The summed E-state index contributed by atoms with van der Waals surface area (Å²) in [6.07, 6.45) is 3.64. The van der Waals surface area contributed by atoms with Gasteiger partial charge in [0.25, 0.3) is 0 Å². The molecule has 0 bridgehead atoms. The lowest BCUT2D eigenvalue weighted by molar-refractivity contribution is 1.08. The molecule has 0 spiro atoms. The molecule has 278 valence electrons. The van der Waals surface area contributed by atoms with Crippen molar-refractivity contribution in [2.24, 2.45) is 0 Å². The number of fused-ring (bicyclic) bond motifs is 6. The van der Waals surface area contributed by atoms with E-state index in [0.717, 1.165) is 49.6 Å². The molecule has 0 aliphatic carbocycles. The van der Waals surface area contributed by atoms with Crippen LogP contribution in [0.4, 0.5) is 0 Å². The maximum Gasteiger partial charge on any atom is 0.166 e. The van der Waals surface area contributed by atoms with Gasteiger partial charge in [-0.3, -0.25) is 9.97 Å². The molecule has 0 saturated carbocycles. The Hall–Kier alpha value is -8.15. The standard InChI is InChI=1S/C55H33N5/c1-5-21-43-36(13-1)29-37-14-2-6-22-44(37)49(43)40-31-41(50-45-23-7-3-15-38(45)30-39-16-4-8-24-46(39)50)33-42(32-40)53-58-54(47-25-9-17-34-19-11-27-56-51(34)47)60-55(59-53)48-26-10-18-35-20-12-28-57-52(35)48/h1-33H. The lowest BCUT2D eigenvalue weighted by Gasteiger charge is -2.18. The van der Waals surface area contributed by atoms with E-state index < -0.39 is 0 Å². The minimum atomic E-state index is 0.547. The van der Waals surface area contributed by atoms with Crippen molar-refractivity contribution in [3.63, 3.8) is 0 Å². The van der Waals surface area contributed by atoms with Gasteiger partial charge in [-0.05, 0) is 120 Å². The summed E-state index contributed by atoms with van der Waals surface area (Å²) in [5.74, 6) is 1.66. The van der Waals surface area contributed by atoms with Crippen LogP contribution in [0.1, 0.15) is 0 Å². The maximum absolute atomic E-state index is 5.37. The van der Waals surface area contributed by atoms with Crippen molar-refractivity contribution in [2.75, 3.05) is 0 Å². The number of benzene rings is 9. The zero-order valence-electron chi connectivity index (χ0n) is 32.3.